The maximum Gasteiger partial charge on any atom is 0.326 e. The molecular weight excluding hydrogens is 410 g/mol. The third-order valence-corrected chi connectivity index (χ3v) is 5.09. The highest BCUT2D eigenvalue weighted by Crippen LogP contribution is 2.17. The van der Waals surface area contributed by atoms with E-state index >= 15 is 0 Å². The van der Waals surface area contributed by atoms with Crippen molar-refractivity contribution in [3.05, 3.63) is 60.2 Å². The predicted octanol–water partition coefficient (Wildman–Crippen LogP) is 3.18. The minimum absolute atomic E-state index is 0.0842. The number of amides is 6. The number of carbonyl (C=O) groups is 4. The number of hydrogen-bond donors (Lipinski definition) is 3. The van der Waals surface area contributed by atoms with Crippen molar-refractivity contribution in [1.29, 1.82) is 0 Å². The fourth-order valence-corrected chi connectivity index (χ4v) is 3.35. The average molecular weight is 438 g/mol. The summed E-state index contributed by atoms with van der Waals surface area (Å²) in [6.45, 7) is 2.18. The molecule has 32 heavy (non-hydrogen) atoms. The summed E-state index contributed by atoms with van der Waals surface area (Å²) in [6.07, 6.45) is 0.619. The molecule has 1 unspecified atom stereocenters. The smallest absolute Gasteiger partial charge is 0.326 e. The Balaban J connectivity index is 1.42. The first-order valence-electron chi connectivity index (χ1n) is 10.4. The SMILES string of the molecule is CC(NC(=O)CCCN1C(=O)CN(C)C1=O)c1ccc(NC(=O)Nc2ccccc2)cc1. The number of nitrogens with zero attached hydrogens (tertiary/aromatic N) is 2. The van der Waals surface area contributed by atoms with Gasteiger partial charge in [0.15, 0.2) is 0 Å². The summed E-state index contributed by atoms with van der Waals surface area (Å²) in [5.41, 5.74) is 2.22. The molecule has 6 amide bonds. The second-order valence-electron chi connectivity index (χ2n) is 7.64. The van der Waals surface area contributed by atoms with Crippen molar-refractivity contribution in [1.82, 2.24) is 15.1 Å². The molecule has 0 spiro atoms. The van der Waals surface area contributed by atoms with Gasteiger partial charge in [-0.3, -0.25) is 14.5 Å². The Morgan fingerprint density at radius 1 is 0.969 bits per heavy atom. The van der Waals surface area contributed by atoms with Gasteiger partial charge < -0.3 is 20.9 Å². The summed E-state index contributed by atoms with van der Waals surface area (Å²) in [4.78, 5) is 50.4. The maximum absolute atomic E-state index is 12.2. The van der Waals surface area contributed by atoms with Crippen molar-refractivity contribution >= 4 is 35.3 Å². The zero-order valence-electron chi connectivity index (χ0n) is 18.1. The van der Waals surface area contributed by atoms with E-state index in [4.69, 9.17) is 0 Å². The van der Waals surface area contributed by atoms with Gasteiger partial charge in [-0.2, -0.15) is 0 Å². The van der Waals surface area contributed by atoms with E-state index in [2.05, 4.69) is 16.0 Å². The van der Waals surface area contributed by atoms with E-state index < -0.39 is 0 Å². The molecule has 168 valence electrons. The lowest BCUT2D eigenvalue weighted by molar-refractivity contribution is -0.126. The first kappa shape index (κ1) is 22.8. The highest BCUT2D eigenvalue weighted by molar-refractivity contribution is 6.02. The van der Waals surface area contributed by atoms with Crippen LogP contribution in [-0.2, 0) is 9.59 Å². The Bertz CT molecular complexity index is 978. The van der Waals surface area contributed by atoms with Crippen LogP contribution in [0.4, 0.5) is 21.0 Å². The van der Waals surface area contributed by atoms with Gasteiger partial charge in [0.1, 0.15) is 6.54 Å². The molecule has 1 aliphatic heterocycles. The van der Waals surface area contributed by atoms with Crippen molar-refractivity contribution in [3.8, 4) is 0 Å². The summed E-state index contributed by atoms with van der Waals surface area (Å²) in [5.74, 6) is -0.396. The molecule has 1 atom stereocenters. The van der Waals surface area contributed by atoms with E-state index in [1.807, 2.05) is 37.3 Å². The molecule has 1 saturated heterocycles. The highest BCUT2D eigenvalue weighted by atomic mass is 16.2. The third-order valence-electron chi connectivity index (χ3n) is 5.09. The minimum atomic E-state index is -0.341. The van der Waals surface area contributed by atoms with Crippen molar-refractivity contribution < 1.29 is 19.2 Å². The van der Waals surface area contributed by atoms with Crippen molar-refractivity contribution in [2.75, 3.05) is 30.8 Å². The number of para-hydroxylation sites is 1. The van der Waals surface area contributed by atoms with Crippen LogP contribution in [0.5, 0.6) is 0 Å². The Morgan fingerprint density at radius 2 is 1.59 bits per heavy atom. The molecule has 0 radical (unpaired) electrons. The Labute approximate surface area is 186 Å². The molecule has 1 heterocycles. The summed E-state index contributed by atoms with van der Waals surface area (Å²) in [5, 5.41) is 8.42. The fraction of sp³-hybridized carbons (Fsp3) is 0.304. The van der Waals surface area contributed by atoms with Crippen LogP contribution in [0.3, 0.4) is 0 Å². The van der Waals surface area contributed by atoms with E-state index in [1.54, 1.807) is 31.3 Å². The summed E-state index contributed by atoms with van der Waals surface area (Å²) in [6, 6.07) is 15.5. The Hall–Kier alpha value is -3.88. The van der Waals surface area contributed by atoms with E-state index in [0.29, 0.717) is 17.8 Å². The van der Waals surface area contributed by atoms with Gasteiger partial charge >= 0.3 is 12.1 Å². The van der Waals surface area contributed by atoms with E-state index in [9.17, 15) is 19.2 Å². The Morgan fingerprint density at radius 3 is 2.19 bits per heavy atom. The lowest BCUT2D eigenvalue weighted by atomic mass is 10.1. The van der Waals surface area contributed by atoms with E-state index in [0.717, 1.165) is 5.56 Å². The normalized spacial score (nSPS) is 14.3. The van der Waals surface area contributed by atoms with Crippen LogP contribution in [0.15, 0.2) is 54.6 Å². The minimum Gasteiger partial charge on any atom is -0.350 e. The number of anilines is 2. The molecule has 3 rings (SSSR count). The maximum atomic E-state index is 12.2. The quantitative estimate of drug-likeness (QED) is 0.551. The summed E-state index contributed by atoms with van der Waals surface area (Å²) in [7, 11) is 1.57. The molecular formula is C23H27N5O4. The van der Waals surface area contributed by atoms with Crippen LogP contribution in [0.1, 0.15) is 31.4 Å². The van der Waals surface area contributed by atoms with Crippen LogP contribution in [0.25, 0.3) is 0 Å². The first-order chi connectivity index (χ1) is 15.3. The number of likely N-dealkylation sites (N-methyl/N-ethyl adjacent to an activating group) is 1. The van der Waals surface area contributed by atoms with Crippen molar-refractivity contribution in [3.63, 3.8) is 0 Å². The molecule has 0 bridgehead atoms. The van der Waals surface area contributed by atoms with Crippen molar-refractivity contribution in [2.45, 2.75) is 25.8 Å². The number of carbonyl (C=O) groups excluding carboxylic acids is 4. The van der Waals surface area contributed by atoms with Gasteiger partial charge in [0.2, 0.25) is 11.8 Å². The van der Waals surface area contributed by atoms with Gasteiger partial charge in [-0.15, -0.1) is 0 Å². The topological polar surface area (TPSA) is 111 Å². The molecule has 2 aromatic carbocycles. The van der Waals surface area contributed by atoms with Crippen LogP contribution < -0.4 is 16.0 Å². The molecule has 1 aliphatic rings. The molecule has 9 heteroatoms. The van der Waals surface area contributed by atoms with Gasteiger partial charge in [0.25, 0.3) is 0 Å². The van der Waals surface area contributed by atoms with Crippen LogP contribution >= 0.6 is 0 Å². The number of hydrogen-bond acceptors (Lipinski definition) is 4. The predicted molar refractivity (Wildman–Crippen MR) is 121 cm³/mol. The Kier molecular flexibility index (Phi) is 7.43. The fourth-order valence-electron chi connectivity index (χ4n) is 3.35. The van der Waals surface area contributed by atoms with Crippen LogP contribution in [0.2, 0.25) is 0 Å². The van der Waals surface area contributed by atoms with E-state index in [-0.39, 0.29) is 49.4 Å². The number of imide groups is 1. The lowest BCUT2D eigenvalue weighted by Gasteiger charge is -2.16. The second-order valence-corrected chi connectivity index (χ2v) is 7.64. The standard InChI is InChI=1S/C23H27N5O4/c1-16(24-20(29)9-6-14-28-21(30)15-27(2)23(28)32)17-10-12-19(13-11-17)26-22(31)25-18-7-4-3-5-8-18/h3-5,7-8,10-13,16H,6,9,14-15H2,1-2H3,(H,24,29)(H2,25,26,31). The molecule has 0 aliphatic carbocycles. The molecule has 0 saturated carbocycles. The zero-order valence-corrected chi connectivity index (χ0v) is 18.1. The number of rotatable bonds is 8. The largest absolute Gasteiger partial charge is 0.350 e. The summed E-state index contributed by atoms with van der Waals surface area (Å²) < 4.78 is 0. The molecule has 0 aromatic heterocycles. The van der Waals surface area contributed by atoms with Crippen LogP contribution in [-0.4, -0.2) is 53.8 Å². The van der Waals surface area contributed by atoms with Gasteiger partial charge in [-0.25, -0.2) is 9.59 Å². The molecule has 1 fully saturated rings. The molecule has 9 nitrogen and oxygen atoms in total. The van der Waals surface area contributed by atoms with Gasteiger partial charge in [0, 0.05) is 31.4 Å². The number of urea groups is 2. The van der Waals surface area contributed by atoms with Crippen LogP contribution in [0, 0.1) is 0 Å². The number of nitrogens with one attached hydrogen (secondary N) is 3. The number of benzene rings is 2. The first-order valence-corrected chi connectivity index (χ1v) is 10.4. The molecule has 3 N–H and O–H groups in total. The van der Waals surface area contributed by atoms with Gasteiger partial charge in [-0.1, -0.05) is 30.3 Å². The van der Waals surface area contributed by atoms with Gasteiger partial charge in [-0.05, 0) is 43.2 Å². The second kappa shape index (κ2) is 10.4. The molecule has 2 aromatic rings. The average Bonchev–Trinajstić information content (AvgIpc) is 3.00. The lowest BCUT2D eigenvalue weighted by Crippen LogP contribution is -2.33. The zero-order chi connectivity index (χ0) is 23.1. The summed E-state index contributed by atoms with van der Waals surface area (Å²) >= 11 is 0. The van der Waals surface area contributed by atoms with E-state index in [1.165, 1.54) is 9.80 Å². The third kappa shape index (κ3) is 6.07. The monoisotopic (exact) mass is 437 g/mol. The highest BCUT2D eigenvalue weighted by Gasteiger charge is 2.32. The van der Waals surface area contributed by atoms with Crippen molar-refractivity contribution in [2.24, 2.45) is 0 Å². The van der Waals surface area contributed by atoms with Gasteiger partial charge in [0.05, 0.1) is 6.04 Å².